The number of allylic oxidation sites excluding steroid dienone is 1. The number of ether oxygens (including phenoxy) is 1. The smallest absolute Gasteiger partial charge is 0.418 e. The van der Waals surface area contributed by atoms with Crippen molar-refractivity contribution in [3.05, 3.63) is 41.6 Å². The normalized spacial score (nSPS) is 24.5. The third-order valence-electron chi connectivity index (χ3n) is 6.36. The molecule has 168 valence electrons. The molecule has 0 fully saturated rings. The fraction of sp³-hybridized carbons (Fsp3) is 0.667. The molecule has 2 heterocycles. The summed E-state index contributed by atoms with van der Waals surface area (Å²) in [6.07, 6.45) is 4.36. The van der Waals surface area contributed by atoms with Crippen LogP contribution in [0.15, 0.2) is 30.5 Å². The predicted octanol–water partition coefficient (Wildman–Crippen LogP) is 5.82. The summed E-state index contributed by atoms with van der Waals surface area (Å²) >= 11 is 0. The van der Waals surface area contributed by atoms with E-state index < -0.39 is 30.7 Å². The van der Waals surface area contributed by atoms with Crippen LogP contribution in [0.1, 0.15) is 69.4 Å². The lowest BCUT2D eigenvalue weighted by molar-refractivity contribution is -0.267. The Morgan fingerprint density at radius 2 is 2.00 bits per heavy atom. The first kappa shape index (κ1) is 23.0. The van der Waals surface area contributed by atoms with Gasteiger partial charge in [-0.05, 0) is 61.3 Å². The summed E-state index contributed by atoms with van der Waals surface area (Å²) < 4.78 is 48.0. The van der Waals surface area contributed by atoms with E-state index >= 15 is 0 Å². The molecule has 1 N–H and O–H groups in total. The molecule has 0 spiro atoms. The molecule has 30 heavy (non-hydrogen) atoms. The first-order chi connectivity index (χ1) is 14.2. The fourth-order valence-corrected chi connectivity index (χ4v) is 4.55. The third-order valence-corrected chi connectivity index (χ3v) is 6.36. The van der Waals surface area contributed by atoms with Gasteiger partial charge >= 0.3 is 6.18 Å². The van der Waals surface area contributed by atoms with Gasteiger partial charge in [-0.15, -0.1) is 0 Å². The van der Waals surface area contributed by atoms with Gasteiger partial charge in [-0.1, -0.05) is 51.0 Å². The molecular weight excluding hydrogens is 391 g/mol. The van der Waals surface area contributed by atoms with Gasteiger partial charge in [-0.25, -0.2) is 0 Å². The number of aliphatic hydroxyl groups is 1. The van der Waals surface area contributed by atoms with Gasteiger partial charge in [0.2, 0.25) is 0 Å². The predicted molar refractivity (Wildman–Crippen MR) is 113 cm³/mol. The highest BCUT2D eigenvalue weighted by Crippen LogP contribution is 2.42. The van der Waals surface area contributed by atoms with E-state index in [-0.39, 0.29) is 0 Å². The minimum Gasteiger partial charge on any atom is -0.493 e. The summed E-state index contributed by atoms with van der Waals surface area (Å²) in [7, 11) is 0. The second kappa shape index (κ2) is 9.63. The standard InChI is InChI=1S/C24H34F3NO2/c1-18-8-4-3-5-13-28(14-12-18)17-23(29,24(25,26)27)16-19(2)21-11-6-9-20-10-7-15-30-22(20)21/h6,9,11-12,14,18-19,29H,3-5,7-8,10,13,15-17H2,1-2H3/b14-12-. The lowest BCUT2D eigenvalue weighted by Gasteiger charge is -2.37. The molecule has 0 saturated carbocycles. The Kier molecular flexibility index (Phi) is 7.38. The molecule has 3 unspecified atom stereocenters. The van der Waals surface area contributed by atoms with Crippen LogP contribution in [0, 0.1) is 5.92 Å². The highest BCUT2D eigenvalue weighted by atomic mass is 19.4. The Balaban J connectivity index is 1.81. The van der Waals surface area contributed by atoms with E-state index in [4.69, 9.17) is 4.74 Å². The van der Waals surface area contributed by atoms with Crippen molar-refractivity contribution < 1.29 is 23.0 Å². The Bertz CT molecular complexity index is 734. The van der Waals surface area contributed by atoms with Crippen molar-refractivity contribution in [2.24, 2.45) is 5.92 Å². The summed E-state index contributed by atoms with van der Waals surface area (Å²) in [5, 5.41) is 10.9. The molecule has 6 heteroatoms. The van der Waals surface area contributed by atoms with Gasteiger partial charge in [-0.2, -0.15) is 13.2 Å². The Morgan fingerprint density at radius 3 is 2.77 bits per heavy atom. The van der Waals surface area contributed by atoms with Gasteiger partial charge in [-0.3, -0.25) is 0 Å². The van der Waals surface area contributed by atoms with E-state index in [2.05, 4.69) is 6.92 Å². The van der Waals surface area contributed by atoms with Crippen molar-refractivity contribution >= 4 is 0 Å². The number of alkyl halides is 3. The van der Waals surface area contributed by atoms with Gasteiger partial charge in [0.15, 0.2) is 5.60 Å². The summed E-state index contributed by atoms with van der Waals surface area (Å²) in [5.74, 6) is 0.554. The van der Waals surface area contributed by atoms with Crippen molar-refractivity contribution in [2.75, 3.05) is 19.7 Å². The van der Waals surface area contributed by atoms with Crippen LogP contribution < -0.4 is 4.74 Å². The zero-order valence-corrected chi connectivity index (χ0v) is 18.0. The fourth-order valence-electron chi connectivity index (χ4n) is 4.55. The lowest BCUT2D eigenvalue weighted by atomic mass is 9.84. The van der Waals surface area contributed by atoms with E-state index in [9.17, 15) is 18.3 Å². The molecule has 0 radical (unpaired) electrons. The van der Waals surface area contributed by atoms with Crippen molar-refractivity contribution in [2.45, 2.75) is 76.5 Å². The maximum absolute atomic E-state index is 14.1. The minimum absolute atomic E-state index is 0.330. The van der Waals surface area contributed by atoms with Crippen LogP contribution >= 0.6 is 0 Å². The minimum atomic E-state index is -4.71. The number of hydrogen-bond donors (Lipinski definition) is 1. The highest BCUT2D eigenvalue weighted by molar-refractivity contribution is 5.44. The van der Waals surface area contributed by atoms with Gasteiger partial charge in [0.05, 0.1) is 13.2 Å². The van der Waals surface area contributed by atoms with Gasteiger partial charge in [0.1, 0.15) is 5.75 Å². The Morgan fingerprint density at radius 1 is 1.20 bits per heavy atom. The number of rotatable bonds is 5. The highest BCUT2D eigenvalue weighted by Gasteiger charge is 2.55. The second-order valence-electron chi connectivity index (χ2n) is 9.06. The third kappa shape index (κ3) is 5.51. The van der Waals surface area contributed by atoms with Crippen LogP contribution in [0.2, 0.25) is 0 Å². The van der Waals surface area contributed by atoms with E-state index in [0.29, 0.717) is 24.8 Å². The van der Waals surface area contributed by atoms with Crippen LogP contribution in [0.25, 0.3) is 0 Å². The average Bonchev–Trinajstić information content (AvgIpc) is 2.79. The number of fused-ring (bicyclic) bond motifs is 1. The summed E-state index contributed by atoms with van der Waals surface area (Å²) in [6.45, 7) is 4.49. The molecule has 3 rings (SSSR count). The van der Waals surface area contributed by atoms with E-state index in [1.165, 1.54) is 0 Å². The van der Waals surface area contributed by atoms with E-state index in [1.807, 2.05) is 24.3 Å². The van der Waals surface area contributed by atoms with Crippen LogP contribution in [0.3, 0.4) is 0 Å². The quantitative estimate of drug-likeness (QED) is 0.645. The number of benzene rings is 1. The molecule has 2 aliphatic heterocycles. The van der Waals surface area contributed by atoms with Crippen molar-refractivity contribution in [3.8, 4) is 5.75 Å². The monoisotopic (exact) mass is 425 g/mol. The first-order valence-corrected chi connectivity index (χ1v) is 11.2. The van der Waals surface area contributed by atoms with Crippen LogP contribution in [0.4, 0.5) is 13.2 Å². The molecule has 0 aromatic heterocycles. The van der Waals surface area contributed by atoms with Crippen LogP contribution in [-0.4, -0.2) is 41.5 Å². The van der Waals surface area contributed by atoms with E-state index in [1.54, 1.807) is 18.0 Å². The molecule has 0 amide bonds. The second-order valence-corrected chi connectivity index (χ2v) is 9.06. The van der Waals surface area contributed by atoms with Gasteiger partial charge in [0.25, 0.3) is 0 Å². The summed E-state index contributed by atoms with van der Waals surface area (Å²) in [4.78, 5) is 1.65. The molecule has 1 aromatic rings. The molecule has 0 aliphatic carbocycles. The van der Waals surface area contributed by atoms with E-state index in [0.717, 1.165) is 49.7 Å². The van der Waals surface area contributed by atoms with Crippen molar-refractivity contribution in [1.82, 2.24) is 4.90 Å². The Labute approximate surface area is 177 Å². The summed E-state index contributed by atoms with van der Waals surface area (Å²) in [5.41, 5.74) is -0.993. The average molecular weight is 426 g/mol. The SMILES string of the molecule is CC1/C=C\N(CC(O)(CC(C)c2cccc3c2OCCC3)C(F)(F)F)CCCCC1. The zero-order valence-electron chi connectivity index (χ0n) is 18.0. The first-order valence-electron chi connectivity index (χ1n) is 11.2. The van der Waals surface area contributed by atoms with Gasteiger partial charge in [0, 0.05) is 6.54 Å². The number of para-hydroxylation sites is 1. The van der Waals surface area contributed by atoms with Crippen molar-refractivity contribution in [1.29, 1.82) is 0 Å². The molecule has 1 aromatic carbocycles. The number of β-amino-alcohol motifs (C(OH)–C–C–N with tert-alkyl or cyclic N) is 1. The van der Waals surface area contributed by atoms with Crippen molar-refractivity contribution in [3.63, 3.8) is 0 Å². The summed E-state index contributed by atoms with van der Waals surface area (Å²) in [6, 6.07) is 5.67. The lowest BCUT2D eigenvalue weighted by Crippen LogP contribution is -2.53. The molecular formula is C24H34F3NO2. The zero-order chi connectivity index (χ0) is 21.8. The maximum Gasteiger partial charge on any atom is 0.418 e. The molecule has 3 nitrogen and oxygen atoms in total. The van der Waals surface area contributed by atoms with Crippen LogP contribution in [0.5, 0.6) is 5.75 Å². The van der Waals surface area contributed by atoms with Crippen LogP contribution in [-0.2, 0) is 6.42 Å². The largest absolute Gasteiger partial charge is 0.493 e. The Hall–Kier alpha value is -1.69. The molecule has 3 atom stereocenters. The molecule has 0 saturated heterocycles. The number of hydrogen-bond acceptors (Lipinski definition) is 3. The topological polar surface area (TPSA) is 32.7 Å². The molecule has 2 aliphatic rings. The van der Waals surface area contributed by atoms with Gasteiger partial charge < -0.3 is 14.7 Å². The maximum atomic E-state index is 14.1. The number of halogens is 3. The number of aryl methyl sites for hydroxylation is 1. The number of nitrogens with zero attached hydrogens (tertiary/aromatic N) is 1. The molecule has 0 bridgehead atoms.